The Balaban J connectivity index is 2.53. The van der Waals surface area contributed by atoms with Gasteiger partial charge in [-0.15, -0.1) is 0 Å². The second-order valence-electron chi connectivity index (χ2n) is 4.13. The summed E-state index contributed by atoms with van der Waals surface area (Å²) in [5.74, 6) is -1.20. The maximum atomic E-state index is 11.4. The Bertz CT molecular complexity index is 478. The molecule has 4 heteroatoms. The molecule has 0 spiro atoms. The molecule has 0 heterocycles. The Morgan fingerprint density at radius 3 is 2.67 bits per heavy atom. The van der Waals surface area contributed by atoms with Crippen LogP contribution in [-0.2, 0) is 9.59 Å². The first-order valence-corrected chi connectivity index (χ1v) is 5.74. The minimum atomic E-state index is -0.923. The van der Waals surface area contributed by atoms with Crippen LogP contribution in [0.5, 0.6) is 0 Å². The summed E-state index contributed by atoms with van der Waals surface area (Å²) in [6.45, 7) is 4.14. The maximum Gasteiger partial charge on any atom is 0.305 e. The third-order valence-corrected chi connectivity index (χ3v) is 2.48. The van der Waals surface area contributed by atoms with E-state index in [0.29, 0.717) is 0 Å². The lowest BCUT2D eigenvalue weighted by Crippen LogP contribution is -2.23. The Labute approximate surface area is 106 Å². The Hall–Kier alpha value is -2.10. The molecule has 0 unspecified atom stereocenters. The standard InChI is InChI=1S/C14H17NO3/c1-10-3-4-12(11(2)9-10)5-6-13(16)15-8-7-14(17)18/h3-6,9H,7-8H2,1-2H3,(H,15,16)(H,17,18). The predicted molar refractivity (Wildman–Crippen MR) is 70.2 cm³/mol. The van der Waals surface area contributed by atoms with Crippen molar-refractivity contribution in [1.29, 1.82) is 0 Å². The van der Waals surface area contributed by atoms with E-state index in [1.54, 1.807) is 6.08 Å². The zero-order chi connectivity index (χ0) is 13.5. The summed E-state index contributed by atoms with van der Waals surface area (Å²) in [6.07, 6.45) is 3.08. The summed E-state index contributed by atoms with van der Waals surface area (Å²) in [7, 11) is 0. The van der Waals surface area contributed by atoms with Gasteiger partial charge < -0.3 is 10.4 Å². The van der Waals surface area contributed by atoms with Gasteiger partial charge in [0.25, 0.3) is 0 Å². The molecule has 96 valence electrons. The van der Waals surface area contributed by atoms with Crippen molar-refractivity contribution in [3.8, 4) is 0 Å². The van der Waals surface area contributed by atoms with E-state index in [0.717, 1.165) is 11.1 Å². The quantitative estimate of drug-likeness (QED) is 0.781. The van der Waals surface area contributed by atoms with Crippen LogP contribution in [-0.4, -0.2) is 23.5 Å². The molecule has 0 aliphatic rings. The van der Waals surface area contributed by atoms with Gasteiger partial charge >= 0.3 is 5.97 Å². The summed E-state index contributed by atoms with van der Waals surface area (Å²) in [6, 6.07) is 5.97. The largest absolute Gasteiger partial charge is 0.481 e. The molecule has 2 N–H and O–H groups in total. The smallest absolute Gasteiger partial charge is 0.305 e. The van der Waals surface area contributed by atoms with Gasteiger partial charge in [0.05, 0.1) is 6.42 Å². The number of amides is 1. The monoisotopic (exact) mass is 247 g/mol. The van der Waals surface area contributed by atoms with E-state index in [1.165, 1.54) is 11.6 Å². The first-order valence-electron chi connectivity index (χ1n) is 5.74. The second-order valence-corrected chi connectivity index (χ2v) is 4.13. The molecular formula is C14H17NO3. The number of benzene rings is 1. The molecule has 1 amide bonds. The third-order valence-electron chi connectivity index (χ3n) is 2.48. The van der Waals surface area contributed by atoms with E-state index >= 15 is 0 Å². The van der Waals surface area contributed by atoms with Crippen molar-refractivity contribution in [1.82, 2.24) is 5.32 Å². The summed E-state index contributed by atoms with van der Waals surface area (Å²) < 4.78 is 0. The minimum Gasteiger partial charge on any atom is -0.481 e. The van der Waals surface area contributed by atoms with Crippen LogP contribution in [0, 0.1) is 13.8 Å². The van der Waals surface area contributed by atoms with Gasteiger partial charge in [-0.2, -0.15) is 0 Å². The van der Waals surface area contributed by atoms with Crippen molar-refractivity contribution in [3.05, 3.63) is 41.0 Å². The second kappa shape index (κ2) is 6.59. The van der Waals surface area contributed by atoms with Crippen molar-refractivity contribution >= 4 is 18.0 Å². The molecule has 0 aliphatic carbocycles. The van der Waals surface area contributed by atoms with Crippen molar-refractivity contribution in [2.75, 3.05) is 6.54 Å². The number of aliphatic carboxylic acids is 1. The summed E-state index contributed by atoms with van der Waals surface area (Å²) in [5.41, 5.74) is 3.26. The number of rotatable bonds is 5. The number of carbonyl (C=O) groups excluding carboxylic acids is 1. The average Bonchev–Trinajstić information content (AvgIpc) is 2.27. The normalized spacial score (nSPS) is 10.6. The number of aryl methyl sites for hydroxylation is 2. The molecular weight excluding hydrogens is 230 g/mol. The van der Waals surface area contributed by atoms with Crippen LogP contribution < -0.4 is 5.32 Å². The van der Waals surface area contributed by atoms with Crippen molar-refractivity contribution in [3.63, 3.8) is 0 Å². The fraction of sp³-hybridized carbons (Fsp3) is 0.286. The topological polar surface area (TPSA) is 66.4 Å². The van der Waals surface area contributed by atoms with E-state index in [1.807, 2.05) is 32.0 Å². The van der Waals surface area contributed by atoms with Gasteiger partial charge in [0, 0.05) is 12.6 Å². The van der Waals surface area contributed by atoms with Gasteiger partial charge in [0.1, 0.15) is 0 Å². The fourth-order valence-electron chi connectivity index (χ4n) is 1.53. The van der Waals surface area contributed by atoms with Crippen LogP contribution in [0.15, 0.2) is 24.3 Å². The van der Waals surface area contributed by atoms with Crippen LogP contribution in [0.3, 0.4) is 0 Å². The van der Waals surface area contributed by atoms with Crippen molar-refractivity contribution in [2.24, 2.45) is 0 Å². The lowest BCUT2D eigenvalue weighted by atomic mass is 10.1. The first kappa shape index (κ1) is 14.0. The zero-order valence-corrected chi connectivity index (χ0v) is 10.6. The molecule has 0 bridgehead atoms. The van der Waals surface area contributed by atoms with Crippen molar-refractivity contribution in [2.45, 2.75) is 20.3 Å². The molecule has 0 saturated heterocycles. The molecule has 0 atom stereocenters. The highest BCUT2D eigenvalue weighted by molar-refractivity contribution is 5.92. The molecule has 0 radical (unpaired) electrons. The van der Waals surface area contributed by atoms with Gasteiger partial charge in [0.15, 0.2) is 0 Å². The number of hydrogen-bond acceptors (Lipinski definition) is 2. The van der Waals surface area contributed by atoms with Gasteiger partial charge in [0.2, 0.25) is 5.91 Å². The molecule has 0 aromatic heterocycles. The number of carboxylic acid groups (broad SMARTS) is 1. The molecule has 0 saturated carbocycles. The Morgan fingerprint density at radius 1 is 1.33 bits per heavy atom. The summed E-state index contributed by atoms with van der Waals surface area (Å²) >= 11 is 0. The number of carbonyl (C=O) groups is 2. The van der Waals surface area contributed by atoms with Gasteiger partial charge in [-0.3, -0.25) is 9.59 Å². The highest BCUT2D eigenvalue weighted by Gasteiger charge is 1.99. The highest BCUT2D eigenvalue weighted by atomic mass is 16.4. The Morgan fingerprint density at radius 2 is 2.06 bits per heavy atom. The Kier molecular flexibility index (Phi) is 5.11. The van der Waals surface area contributed by atoms with E-state index in [9.17, 15) is 9.59 Å². The summed E-state index contributed by atoms with van der Waals surface area (Å²) in [4.78, 5) is 21.7. The van der Waals surface area contributed by atoms with E-state index in [4.69, 9.17) is 5.11 Å². The molecule has 0 fully saturated rings. The zero-order valence-electron chi connectivity index (χ0n) is 10.6. The van der Waals surface area contributed by atoms with Crippen LogP contribution in [0.25, 0.3) is 6.08 Å². The molecule has 1 aromatic carbocycles. The lowest BCUT2D eigenvalue weighted by molar-refractivity contribution is -0.136. The molecule has 18 heavy (non-hydrogen) atoms. The average molecular weight is 247 g/mol. The molecule has 1 aromatic rings. The van der Waals surface area contributed by atoms with Crippen LogP contribution in [0.4, 0.5) is 0 Å². The van der Waals surface area contributed by atoms with Crippen LogP contribution >= 0.6 is 0 Å². The minimum absolute atomic E-state index is 0.0663. The van der Waals surface area contributed by atoms with Crippen molar-refractivity contribution < 1.29 is 14.7 Å². The SMILES string of the molecule is Cc1ccc(C=CC(=O)NCCC(=O)O)c(C)c1. The number of nitrogens with one attached hydrogen (secondary N) is 1. The van der Waals surface area contributed by atoms with Crippen LogP contribution in [0.2, 0.25) is 0 Å². The highest BCUT2D eigenvalue weighted by Crippen LogP contribution is 2.11. The first-order chi connectivity index (χ1) is 8.49. The lowest BCUT2D eigenvalue weighted by Gasteiger charge is -2.02. The number of hydrogen-bond donors (Lipinski definition) is 2. The third kappa shape index (κ3) is 4.82. The maximum absolute atomic E-state index is 11.4. The van der Waals surface area contributed by atoms with E-state index in [-0.39, 0.29) is 18.9 Å². The fourth-order valence-corrected chi connectivity index (χ4v) is 1.53. The van der Waals surface area contributed by atoms with Gasteiger partial charge in [-0.05, 0) is 31.1 Å². The molecule has 4 nitrogen and oxygen atoms in total. The van der Waals surface area contributed by atoms with Crippen LogP contribution in [0.1, 0.15) is 23.1 Å². The van der Waals surface area contributed by atoms with E-state index < -0.39 is 5.97 Å². The van der Waals surface area contributed by atoms with Gasteiger partial charge in [-0.1, -0.05) is 23.8 Å². The van der Waals surface area contributed by atoms with E-state index in [2.05, 4.69) is 5.32 Å². The molecule has 1 rings (SSSR count). The predicted octanol–water partition coefficient (Wildman–Crippen LogP) is 1.91. The van der Waals surface area contributed by atoms with Gasteiger partial charge in [-0.25, -0.2) is 0 Å². The summed E-state index contributed by atoms with van der Waals surface area (Å²) in [5, 5.41) is 10.9. The number of carboxylic acids is 1. The molecule has 0 aliphatic heterocycles.